The largest absolute Gasteiger partial charge is 0.361 e. The molecule has 0 atom stereocenters. The first-order valence-electron chi connectivity index (χ1n) is 9.18. The number of amides is 1. The maximum absolute atomic E-state index is 13.0. The van der Waals surface area contributed by atoms with Gasteiger partial charge in [-0.25, -0.2) is 0 Å². The first-order valence-corrected chi connectivity index (χ1v) is 9.18. The van der Waals surface area contributed by atoms with Crippen molar-refractivity contribution >= 4 is 5.91 Å². The molecule has 25 heavy (non-hydrogen) atoms. The van der Waals surface area contributed by atoms with Gasteiger partial charge in [0.2, 0.25) is 0 Å². The summed E-state index contributed by atoms with van der Waals surface area (Å²) in [6, 6.07) is 4.25. The third kappa shape index (κ3) is 3.46. The van der Waals surface area contributed by atoms with Crippen molar-refractivity contribution < 1.29 is 9.32 Å². The molecule has 3 heterocycles. The fraction of sp³-hybridized carbons (Fsp3) is 0.611. The molecule has 2 aromatic heterocycles. The average molecular weight is 343 g/mol. The summed E-state index contributed by atoms with van der Waals surface area (Å²) in [6.45, 7) is 6.05. The van der Waals surface area contributed by atoms with Crippen LogP contribution in [0.15, 0.2) is 22.9 Å². The lowest BCUT2D eigenvalue weighted by molar-refractivity contribution is 0.0740. The van der Waals surface area contributed by atoms with E-state index in [1.54, 1.807) is 6.20 Å². The van der Waals surface area contributed by atoms with Crippen LogP contribution in [0.5, 0.6) is 0 Å². The van der Waals surface area contributed by atoms with Gasteiger partial charge in [0.05, 0.1) is 11.7 Å². The molecule has 1 saturated heterocycles. The van der Waals surface area contributed by atoms with Gasteiger partial charge < -0.3 is 9.42 Å². The monoisotopic (exact) mass is 343 g/mol. The molecule has 2 aliphatic rings. The van der Waals surface area contributed by atoms with Gasteiger partial charge in [0, 0.05) is 45.0 Å². The summed E-state index contributed by atoms with van der Waals surface area (Å²) in [4.78, 5) is 17.3. The minimum atomic E-state index is 0.114. The average Bonchev–Trinajstić information content (AvgIpc) is 3.10. The molecule has 0 aromatic carbocycles. The van der Waals surface area contributed by atoms with E-state index in [1.165, 1.54) is 6.42 Å². The van der Waals surface area contributed by atoms with Crippen LogP contribution in [0.25, 0.3) is 0 Å². The summed E-state index contributed by atoms with van der Waals surface area (Å²) in [5.41, 5.74) is 1.70. The second-order valence-corrected chi connectivity index (χ2v) is 7.10. The molecule has 1 aliphatic heterocycles. The summed E-state index contributed by atoms with van der Waals surface area (Å²) in [5, 5.41) is 8.46. The maximum atomic E-state index is 13.0. The van der Waals surface area contributed by atoms with Crippen molar-refractivity contribution in [2.24, 2.45) is 0 Å². The standard InChI is InChI=1S/C18H25N5O2/c1-14-12-15(20-25-14)13-21-8-3-9-22(11-10-21)18(24)17-6-7-19-23(17)16-4-2-5-16/h6-7,12,16H,2-5,8-11,13H2,1H3. The smallest absolute Gasteiger partial charge is 0.272 e. The van der Waals surface area contributed by atoms with Crippen LogP contribution in [0.3, 0.4) is 0 Å². The van der Waals surface area contributed by atoms with Crippen molar-refractivity contribution in [2.45, 2.75) is 45.2 Å². The summed E-state index contributed by atoms with van der Waals surface area (Å²) in [5.74, 6) is 0.953. The Hall–Kier alpha value is -2.15. The van der Waals surface area contributed by atoms with E-state index in [9.17, 15) is 4.79 Å². The molecular weight excluding hydrogens is 318 g/mol. The Kier molecular flexibility index (Phi) is 4.57. The minimum absolute atomic E-state index is 0.114. The minimum Gasteiger partial charge on any atom is -0.361 e. The molecule has 2 aromatic rings. The van der Waals surface area contributed by atoms with E-state index in [4.69, 9.17) is 4.52 Å². The Bertz CT molecular complexity index is 733. The highest BCUT2D eigenvalue weighted by atomic mass is 16.5. The summed E-state index contributed by atoms with van der Waals surface area (Å²) in [6.07, 6.45) is 6.22. The normalized spacial score (nSPS) is 19.6. The molecule has 0 spiro atoms. The third-order valence-electron chi connectivity index (χ3n) is 5.25. The summed E-state index contributed by atoms with van der Waals surface area (Å²) < 4.78 is 7.08. The fourth-order valence-electron chi connectivity index (χ4n) is 3.62. The molecule has 1 amide bonds. The molecule has 0 N–H and O–H groups in total. The van der Waals surface area contributed by atoms with Crippen LogP contribution in [-0.4, -0.2) is 56.8 Å². The zero-order valence-corrected chi connectivity index (χ0v) is 14.7. The zero-order valence-electron chi connectivity index (χ0n) is 14.7. The number of aryl methyl sites for hydroxylation is 1. The third-order valence-corrected chi connectivity index (χ3v) is 5.25. The van der Waals surface area contributed by atoms with Crippen molar-refractivity contribution in [1.82, 2.24) is 24.7 Å². The van der Waals surface area contributed by atoms with Crippen molar-refractivity contribution in [1.29, 1.82) is 0 Å². The molecule has 0 bridgehead atoms. The highest BCUT2D eigenvalue weighted by molar-refractivity contribution is 5.92. The molecule has 0 radical (unpaired) electrons. The lowest BCUT2D eigenvalue weighted by Gasteiger charge is -2.28. The van der Waals surface area contributed by atoms with Gasteiger partial charge in [-0.15, -0.1) is 0 Å². The van der Waals surface area contributed by atoms with Crippen LogP contribution >= 0.6 is 0 Å². The highest BCUT2D eigenvalue weighted by Crippen LogP contribution is 2.32. The van der Waals surface area contributed by atoms with Crippen LogP contribution in [0, 0.1) is 6.92 Å². The van der Waals surface area contributed by atoms with E-state index in [-0.39, 0.29) is 5.91 Å². The molecule has 1 aliphatic carbocycles. The molecule has 1 saturated carbocycles. The van der Waals surface area contributed by atoms with E-state index in [0.29, 0.717) is 6.04 Å². The summed E-state index contributed by atoms with van der Waals surface area (Å²) >= 11 is 0. The van der Waals surface area contributed by atoms with E-state index >= 15 is 0 Å². The van der Waals surface area contributed by atoms with Crippen LogP contribution < -0.4 is 0 Å². The number of carbonyl (C=O) groups is 1. The van der Waals surface area contributed by atoms with E-state index in [1.807, 2.05) is 28.6 Å². The van der Waals surface area contributed by atoms with Gasteiger partial charge in [0.1, 0.15) is 11.5 Å². The van der Waals surface area contributed by atoms with E-state index in [2.05, 4.69) is 15.2 Å². The van der Waals surface area contributed by atoms with Gasteiger partial charge in [-0.1, -0.05) is 5.16 Å². The number of carbonyl (C=O) groups excluding carboxylic acids is 1. The lowest BCUT2D eigenvalue weighted by Crippen LogP contribution is -2.37. The lowest BCUT2D eigenvalue weighted by atomic mass is 9.93. The van der Waals surface area contributed by atoms with Gasteiger partial charge >= 0.3 is 0 Å². The first-order chi connectivity index (χ1) is 12.2. The van der Waals surface area contributed by atoms with Crippen molar-refractivity contribution in [3.05, 3.63) is 35.5 Å². The Labute approximate surface area is 147 Å². The number of rotatable bonds is 4. The van der Waals surface area contributed by atoms with Gasteiger partial charge in [-0.05, 0) is 38.7 Å². The van der Waals surface area contributed by atoms with Crippen molar-refractivity contribution in [2.75, 3.05) is 26.2 Å². The topological polar surface area (TPSA) is 67.4 Å². The molecule has 134 valence electrons. The number of aromatic nitrogens is 3. The van der Waals surface area contributed by atoms with E-state index in [0.717, 1.165) is 69.1 Å². The van der Waals surface area contributed by atoms with Gasteiger partial charge in [0.15, 0.2) is 0 Å². The van der Waals surface area contributed by atoms with Gasteiger partial charge in [0.25, 0.3) is 5.91 Å². The van der Waals surface area contributed by atoms with Crippen LogP contribution in [0.2, 0.25) is 0 Å². The van der Waals surface area contributed by atoms with Crippen LogP contribution in [0.1, 0.15) is 53.7 Å². The molecular formula is C18H25N5O2. The number of nitrogens with zero attached hydrogens (tertiary/aromatic N) is 5. The number of hydrogen-bond donors (Lipinski definition) is 0. The van der Waals surface area contributed by atoms with Crippen LogP contribution in [-0.2, 0) is 6.54 Å². The maximum Gasteiger partial charge on any atom is 0.272 e. The predicted octanol–water partition coefficient (Wildman–Crippen LogP) is 2.25. The predicted molar refractivity (Wildman–Crippen MR) is 92.2 cm³/mol. The summed E-state index contributed by atoms with van der Waals surface area (Å²) in [7, 11) is 0. The highest BCUT2D eigenvalue weighted by Gasteiger charge is 2.28. The Balaban J connectivity index is 1.39. The fourth-order valence-corrected chi connectivity index (χ4v) is 3.62. The Morgan fingerprint density at radius 2 is 2.12 bits per heavy atom. The van der Waals surface area contributed by atoms with Gasteiger partial charge in [-0.3, -0.25) is 14.4 Å². The molecule has 7 heteroatoms. The Morgan fingerprint density at radius 3 is 2.84 bits per heavy atom. The molecule has 4 rings (SSSR count). The second-order valence-electron chi connectivity index (χ2n) is 7.10. The van der Waals surface area contributed by atoms with Crippen LogP contribution in [0.4, 0.5) is 0 Å². The Morgan fingerprint density at radius 1 is 1.24 bits per heavy atom. The molecule has 2 fully saturated rings. The number of hydrogen-bond acceptors (Lipinski definition) is 5. The molecule has 7 nitrogen and oxygen atoms in total. The molecule has 0 unspecified atom stereocenters. The van der Waals surface area contributed by atoms with Gasteiger partial charge in [-0.2, -0.15) is 5.10 Å². The zero-order chi connectivity index (χ0) is 17.2. The van der Waals surface area contributed by atoms with Crippen molar-refractivity contribution in [3.8, 4) is 0 Å². The SMILES string of the molecule is Cc1cc(CN2CCCN(C(=O)c3ccnn3C3CCC3)CC2)no1. The van der Waals surface area contributed by atoms with E-state index < -0.39 is 0 Å². The quantitative estimate of drug-likeness (QED) is 0.852. The van der Waals surface area contributed by atoms with Crippen molar-refractivity contribution in [3.63, 3.8) is 0 Å². The second kappa shape index (κ2) is 7.00. The first kappa shape index (κ1) is 16.3.